The fourth-order valence-electron chi connectivity index (χ4n) is 5.61. The van der Waals surface area contributed by atoms with E-state index in [-0.39, 0.29) is 12.3 Å². The van der Waals surface area contributed by atoms with Gasteiger partial charge in [-0.05, 0) is 105 Å². The zero-order valence-electron chi connectivity index (χ0n) is 25.6. The second-order valence-electron chi connectivity index (χ2n) is 11.1. The van der Waals surface area contributed by atoms with Gasteiger partial charge in [-0.2, -0.15) is 0 Å². The van der Waals surface area contributed by atoms with Crippen LogP contribution in [0.5, 0.6) is 11.5 Å². The minimum Gasteiger partial charge on any atom is -0.497 e. The van der Waals surface area contributed by atoms with Gasteiger partial charge in [0.05, 0.1) is 25.7 Å². The number of carbonyl (C=O) groups excluding carboxylic acids is 3. The van der Waals surface area contributed by atoms with Gasteiger partial charge in [-0.15, -0.1) is 0 Å². The average Bonchev–Trinajstić information content (AvgIpc) is 3.65. The minimum atomic E-state index is -0.578. The van der Waals surface area contributed by atoms with Crippen LogP contribution in [0, 0.1) is 6.92 Å². The Morgan fingerprint density at radius 2 is 1.73 bits per heavy atom. The van der Waals surface area contributed by atoms with Gasteiger partial charge in [-0.25, -0.2) is 0 Å². The molecule has 0 spiro atoms. The molecule has 1 saturated heterocycles. The van der Waals surface area contributed by atoms with E-state index in [0.717, 1.165) is 25.4 Å². The molecule has 236 valence electrons. The number of amides is 1. The highest BCUT2D eigenvalue weighted by Gasteiger charge is 2.23. The van der Waals surface area contributed by atoms with Crippen molar-refractivity contribution in [2.24, 2.45) is 0 Å². The van der Waals surface area contributed by atoms with Crippen LogP contribution >= 0.6 is 11.6 Å². The van der Waals surface area contributed by atoms with Crippen LogP contribution in [0.3, 0.4) is 0 Å². The number of fused-ring (bicyclic) bond motifs is 1. The molecule has 0 bridgehead atoms. The van der Waals surface area contributed by atoms with Gasteiger partial charge in [0.2, 0.25) is 0 Å². The van der Waals surface area contributed by atoms with Crippen LogP contribution in [0.2, 0.25) is 5.02 Å². The molecule has 0 aliphatic carbocycles. The topological polar surface area (TPSA) is 99.1 Å². The molecule has 0 atom stereocenters. The number of hydrogen-bond donors (Lipinski definition) is 1. The number of rotatable bonds is 13. The highest BCUT2D eigenvalue weighted by molar-refractivity contribution is 6.30. The van der Waals surface area contributed by atoms with Crippen molar-refractivity contribution in [3.05, 3.63) is 94.1 Å². The Hall–Kier alpha value is -4.34. The monoisotopic (exact) mass is 631 g/mol. The molecule has 1 fully saturated rings. The second kappa shape index (κ2) is 15.1. The fraction of sp³-hybridized carbons (Fsp3) is 0.343. The standard InChI is InChI=1S/C35H38ClN3O6/c1-24-30(31-20-28(43-2)13-14-32(31)39(24)35(42)26-9-11-27(36)12-10-26)21-34(41)45-23-33(40)37-15-6-18-44-29-8-5-7-25(19-29)22-38-16-3-4-17-38/h5,7-14,19-20H,3-4,6,15-18,21-23H2,1-2H3,(H,37,40). The van der Waals surface area contributed by atoms with Crippen molar-refractivity contribution in [3.8, 4) is 11.5 Å². The number of hydrogen-bond acceptors (Lipinski definition) is 7. The van der Waals surface area contributed by atoms with Crippen molar-refractivity contribution >= 4 is 40.3 Å². The normalized spacial score (nSPS) is 13.1. The number of benzene rings is 3. The molecule has 1 aliphatic rings. The molecule has 1 aliphatic heterocycles. The van der Waals surface area contributed by atoms with Crippen LogP contribution in [-0.4, -0.2) is 67.2 Å². The zero-order chi connectivity index (χ0) is 31.8. The summed E-state index contributed by atoms with van der Waals surface area (Å²) in [6.45, 7) is 5.45. The summed E-state index contributed by atoms with van der Waals surface area (Å²) in [5, 5.41) is 3.99. The number of ether oxygens (including phenoxy) is 3. The molecule has 45 heavy (non-hydrogen) atoms. The first-order chi connectivity index (χ1) is 21.8. The van der Waals surface area contributed by atoms with E-state index >= 15 is 0 Å². The van der Waals surface area contributed by atoms with Crippen LogP contribution in [-0.2, 0) is 27.3 Å². The zero-order valence-corrected chi connectivity index (χ0v) is 26.4. The van der Waals surface area contributed by atoms with Gasteiger partial charge < -0.3 is 19.5 Å². The van der Waals surface area contributed by atoms with Gasteiger partial charge in [0.25, 0.3) is 11.8 Å². The van der Waals surface area contributed by atoms with E-state index in [1.54, 1.807) is 61.1 Å². The molecular weight excluding hydrogens is 594 g/mol. The number of halogens is 1. The van der Waals surface area contributed by atoms with Crippen LogP contribution in [0.15, 0.2) is 66.7 Å². The van der Waals surface area contributed by atoms with Gasteiger partial charge in [-0.1, -0.05) is 23.7 Å². The number of aromatic nitrogens is 1. The number of carbonyl (C=O) groups is 3. The molecule has 0 radical (unpaired) electrons. The third-order valence-electron chi connectivity index (χ3n) is 7.94. The van der Waals surface area contributed by atoms with E-state index in [1.807, 2.05) is 12.1 Å². The average molecular weight is 632 g/mol. The van der Waals surface area contributed by atoms with Gasteiger partial charge in [0, 0.05) is 34.8 Å². The predicted molar refractivity (Wildman–Crippen MR) is 173 cm³/mol. The molecule has 4 aromatic rings. The summed E-state index contributed by atoms with van der Waals surface area (Å²) >= 11 is 6.01. The first kappa shape index (κ1) is 32.1. The van der Waals surface area contributed by atoms with Gasteiger partial charge >= 0.3 is 5.97 Å². The van der Waals surface area contributed by atoms with Crippen molar-refractivity contribution in [1.82, 2.24) is 14.8 Å². The maximum Gasteiger partial charge on any atom is 0.310 e. The Balaban J connectivity index is 1.11. The third kappa shape index (κ3) is 8.23. The van der Waals surface area contributed by atoms with Crippen LogP contribution in [0.4, 0.5) is 0 Å². The lowest BCUT2D eigenvalue weighted by Gasteiger charge is -2.15. The summed E-state index contributed by atoms with van der Waals surface area (Å²) in [4.78, 5) is 41.2. The molecule has 1 aromatic heterocycles. The van der Waals surface area contributed by atoms with E-state index in [4.69, 9.17) is 25.8 Å². The Bertz CT molecular complexity index is 1660. The number of likely N-dealkylation sites (tertiary alicyclic amines) is 1. The van der Waals surface area contributed by atoms with Gasteiger partial charge in [-0.3, -0.25) is 23.9 Å². The third-order valence-corrected chi connectivity index (χ3v) is 8.19. The van der Waals surface area contributed by atoms with Gasteiger partial charge in [0.1, 0.15) is 11.5 Å². The number of methoxy groups -OCH3 is 1. The van der Waals surface area contributed by atoms with E-state index < -0.39 is 18.5 Å². The maximum absolute atomic E-state index is 13.5. The highest BCUT2D eigenvalue weighted by Crippen LogP contribution is 2.31. The Morgan fingerprint density at radius 1 is 0.956 bits per heavy atom. The number of esters is 1. The maximum atomic E-state index is 13.5. The predicted octanol–water partition coefficient (Wildman–Crippen LogP) is 5.57. The summed E-state index contributed by atoms with van der Waals surface area (Å²) in [6.07, 6.45) is 3.01. The van der Waals surface area contributed by atoms with Crippen molar-refractivity contribution < 1.29 is 28.6 Å². The first-order valence-electron chi connectivity index (χ1n) is 15.2. The molecule has 1 N–H and O–H groups in total. The molecular formula is C35H38ClN3O6. The van der Waals surface area contributed by atoms with Crippen molar-refractivity contribution in [2.45, 2.75) is 39.2 Å². The largest absolute Gasteiger partial charge is 0.497 e. The second-order valence-corrected chi connectivity index (χ2v) is 11.6. The van der Waals surface area contributed by atoms with E-state index in [0.29, 0.717) is 58.1 Å². The van der Waals surface area contributed by atoms with Crippen molar-refractivity contribution in [1.29, 1.82) is 0 Å². The smallest absolute Gasteiger partial charge is 0.310 e. The highest BCUT2D eigenvalue weighted by atomic mass is 35.5. The summed E-state index contributed by atoms with van der Waals surface area (Å²) in [6, 6.07) is 20.1. The lowest BCUT2D eigenvalue weighted by molar-refractivity contribution is -0.147. The van der Waals surface area contributed by atoms with Gasteiger partial charge in [0.15, 0.2) is 6.61 Å². The minimum absolute atomic E-state index is 0.117. The Labute approximate surface area is 268 Å². The number of nitrogens with zero attached hydrogens (tertiary/aromatic N) is 2. The van der Waals surface area contributed by atoms with E-state index in [1.165, 1.54) is 18.4 Å². The summed E-state index contributed by atoms with van der Waals surface area (Å²) < 4.78 is 18.1. The van der Waals surface area contributed by atoms with Crippen LogP contribution in [0.1, 0.15) is 46.4 Å². The molecule has 9 nitrogen and oxygen atoms in total. The Kier molecular flexibility index (Phi) is 10.8. The SMILES string of the molecule is COc1ccc2c(c1)c(CC(=O)OCC(=O)NCCCOc1cccc(CN3CCCC3)c1)c(C)n2C(=O)c1ccc(Cl)cc1. The molecule has 0 saturated carbocycles. The Morgan fingerprint density at radius 3 is 2.49 bits per heavy atom. The number of nitrogens with one attached hydrogen (secondary N) is 1. The van der Waals surface area contributed by atoms with Crippen LogP contribution < -0.4 is 14.8 Å². The fourth-order valence-corrected chi connectivity index (χ4v) is 5.74. The van der Waals surface area contributed by atoms with E-state index in [2.05, 4.69) is 22.3 Å². The quantitative estimate of drug-likeness (QED) is 0.152. The molecule has 0 unspecified atom stereocenters. The summed E-state index contributed by atoms with van der Waals surface area (Å²) in [7, 11) is 1.55. The summed E-state index contributed by atoms with van der Waals surface area (Å²) in [5.41, 5.74) is 3.54. The van der Waals surface area contributed by atoms with Crippen molar-refractivity contribution in [2.75, 3.05) is 40.0 Å². The lowest BCUT2D eigenvalue weighted by atomic mass is 10.1. The molecule has 2 heterocycles. The van der Waals surface area contributed by atoms with E-state index in [9.17, 15) is 14.4 Å². The molecule has 10 heteroatoms. The lowest BCUT2D eigenvalue weighted by Crippen LogP contribution is -2.30. The first-order valence-corrected chi connectivity index (χ1v) is 15.5. The molecule has 1 amide bonds. The molecule has 3 aromatic carbocycles. The molecule has 5 rings (SSSR count). The summed E-state index contributed by atoms with van der Waals surface area (Å²) in [5.74, 6) is 0.181. The van der Waals surface area contributed by atoms with Crippen molar-refractivity contribution in [3.63, 3.8) is 0 Å². The van der Waals surface area contributed by atoms with Crippen LogP contribution in [0.25, 0.3) is 10.9 Å².